The maximum absolute atomic E-state index is 5.11. The Balaban J connectivity index is 1.52. The van der Waals surface area contributed by atoms with Gasteiger partial charge in [0.25, 0.3) is 0 Å². The van der Waals surface area contributed by atoms with Gasteiger partial charge in [0.2, 0.25) is 5.78 Å². The number of hydrogen-bond acceptors (Lipinski definition) is 2. The van der Waals surface area contributed by atoms with Crippen LogP contribution >= 0.6 is 0 Å². The summed E-state index contributed by atoms with van der Waals surface area (Å²) in [5, 5.41) is 2.49. The van der Waals surface area contributed by atoms with E-state index in [1.54, 1.807) is 0 Å². The molecule has 3 heterocycles. The topological polar surface area (TPSA) is 35.1 Å². The molecular formula is C32H24N4. The Labute approximate surface area is 209 Å². The zero-order valence-electron chi connectivity index (χ0n) is 20.2. The summed E-state index contributed by atoms with van der Waals surface area (Å²) in [6.07, 6.45) is 2.10. The minimum Gasteiger partial charge on any atom is -0.294 e. The van der Waals surface area contributed by atoms with Crippen LogP contribution in [0.25, 0.3) is 55.9 Å². The number of aromatic nitrogens is 4. The minimum atomic E-state index is 0.680. The summed E-state index contributed by atoms with van der Waals surface area (Å²) in [5.41, 5.74) is 8.96. The first-order valence-corrected chi connectivity index (χ1v) is 12.2. The third kappa shape index (κ3) is 3.15. The van der Waals surface area contributed by atoms with Gasteiger partial charge < -0.3 is 0 Å². The molecule has 0 amide bonds. The maximum atomic E-state index is 5.11. The van der Waals surface area contributed by atoms with Crippen LogP contribution < -0.4 is 0 Å². The molecule has 7 rings (SSSR count). The molecule has 0 unspecified atom stereocenters. The molecule has 0 radical (unpaired) electrons. The van der Waals surface area contributed by atoms with Crippen molar-refractivity contribution >= 4 is 27.6 Å². The van der Waals surface area contributed by atoms with Gasteiger partial charge in [0.15, 0.2) is 0 Å². The lowest BCUT2D eigenvalue weighted by Gasteiger charge is -2.09. The molecule has 0 spiro atoms. The molecule has 172 valence electrons. The lowest BCUT2D eigenvalue weighted by molar-refractivity contribution is 1.03. The molecule has 0 fully saturated rings. The molecule has 36 heavy (non-hydrogen) atoms. The second-order valence-electron chi connectivity index (χ2n) is 9.37. The molecule has 3 aromatic heterocycles. The second kappa shape index (κ2) is 7.92. The second-order valence-corrected chi connectivity index (χ2v) is 9.37. The molecule has 4 heteroatoms. The van der Waals surface area contributed by atoms with E-state index < -0.39 is 0 Å². The fourth-order valence-corrected chi connectivity index (χ4v) is 5.21. The summed E-state index contributed by atoms with van der Waals surface area (Å²) in [6, 6.07) is 36.1. The van der Waals surface area contributed by atoms with Crippen molar-refractivity contribution in [1.82, 2.24) is 18.9 Å². The highest BCUT2D eigenvalue weighted by atomic mass is 15.2. The zero-order chi connectivity index (χ0) is 24.2. The molecular weight excluding hydrogens is 440 g/mol. The van der Waals surface area contributed by atoms with Crippen LogP contribution in [0, 0.1) is 13.8 Å². The van der Waals surface area contributed by atoms with E-state index in [2.05, 4.69) is 120 Å². The summed E-state index contributed by atoms with van der Waals surface area (Å²) in [6.45, 7) is 4.28. The number of aryl methyl sites for hydroxylation is 2. The van der Waals surface area contributed by atoms with Gasteiger partial charge in [-0.3, -0.25) is 8.97 Å². The van der Waals surface area contributed by atoms with Gasteiger partial charge >= 0.3 is 0 Å². The Kier molecular flexibility index (Phi) is 4.55. The van der Waals surface area contributed by atoms with E-state index in [-0.39, 0.29) is 0 Å². The van der Waals surface area contributed by atoms with Crippen LogP contribution in [0.4, 0.5) is 0 Å². The summed E-state index contributed by atoms with van der Waals surface area (Å²) in [5.74, 6) is 1.54. The fraction of sp³-hybridized carbons (Fsp3) is 0.0625. The van der Waals surface area contributed by atoms with Gasteiger partial charge in [-0.2, -0.15) is 4.98 Å². The minimum absolute atomic E-state index is 0.680. The predicted octanol–water partition coefficient (Wildman–Crippen LogP) is 7.78. The van der Waals surface area contributed by atoms with Crippen molar-refractivity contribution in [1.29, 1.82) is 0 Å². The van der Waals surface area contributed by atoms with Crippen molar-refractivity contribution in [2.45, 2.75) is 13.8 Å². The predicted molar refractivity (Wildman–Crippen MR) is 148 cm³/mol. The van der Waals surface area contributed by atoms with Crippen LogP contribution in [0.3, 0.4) is 0 Å². The van der Waals surface area contributed by atoms with Gasteiger partial charge in [0.1, 0.15) is 5.82 Å². The van der Waals surface area contributed by atoms with E-state index in [4.69, 9.17) is 9.97 Å². The normalized spacial score (nSPS) is 11.6. The Morgan fingerprint density at radius 1 is 0.583 bits per heavy atom. The smallest absolute Gasteiger partial charge is 0.236 e. The number of benzene rings is 4. The third-order valence-electron chi connectivity index (χ3n) is 6.88. The average molecular weight is 465 g/mol. The van der Waals surface area contributed by atoms with Crippen molar-refractivity contribution < 1.29 is 0 Å². The van der Waals surface area contributed by atoms with Crippen LogP contribution in [0.15, 0.2) is 109 Å². The Hall–Kier alpha value is -4.70. The molecule has 0 saturated heterocycles. The van der Waals surface area contributed by atoms with E-state index in [1.807, 2.05) is 12.1 Å². The van der Waals surface area contributed by atoms with E-state index in [0.717, 1.165) is 39.4 Å². The van der Waals surface area contributed by atoms with E-state index in [0.29, 0.717) is 5.78 Å². The summed E-state index contributed by atoms with van der Waals surface area (Å²) >= 11 is 0. The first kappa shape index (κ1) is 20.7. The van der Waals surface area contributed by atoms with Gasteiger partial charge in [0.05, 0.1) is 22.4 Å². The van der Waals surface area contributed by atoms with Crippen molar-refractivity contribution in [3.8, 4) is 28.3 Å². The number of imidazole rings is 1. The SMILES string of the molecule is Cc1ccc2c(c1)c1cc(C)ccc1n2-c1ccn2c(-c3ccccc3)c(-c3ccccc3)nc2n1. The van der Waals surface area contributed by atoms with Crippen LogP contribution in [0.1, 0.15) is 11.1 Å². The van der Waals surface area contributed by atoms with Crippen LogP contribution in [0.2, 0.25) is 0 Å². The molecule has 0 atom stereocenters. The molecule has 0 saturated carbocycles. The van der Waals surface area contributed by atoms with Gasteiger partial charge in [-0.25, -0.2) is 4.98 Å². The van der Waals surface area contributed by atoms with Gasteiger partial charge in [-0.05, 0) is 44.2 Å². The molecule has 0 N–H and O–H groups in total. The first-order valence-electron chi connectivity index (χ1n) is 12.2. The molecule has 4 nitrogen and oxygen atoms in total. The van der Waals surface area contributed by atoms with Crippen LogP contribution in [0.5, 0.6) is 0 Å². The Bertz CT molecular complexity index is 1830. The quantitative estimate of drug-likeness (QED) is 0.268. The number of nitrogens with zero attached hydrogens (tertiary/aromatic N) is 4. The van der Waals surface area contributed by atoms with Crippen molar-refractivity contribution in [3.05, 3.63) is 120 Å². The zero-order valence-corrected chi connectivity index (χ0v) is 20.2. The molecule has 0 aliphatic rings. The number of fused-ring (bicyclic) bond motifs is 4. The molecule has 4 aromatic carbocycles. The third-order valence-corrected chi connectivity index (χ3v) is 6.88. The molecule has 0 aliphatic carbocycles. The number of rotatable bonds is 3. The first-order chi connectivity index (χ1) is 17.7. The highest BCUT2D eigenvalue weighted by molar-refractivity contribution is 6.09. The maximum Gasteiger partial charge on any atom is 0.236 e. The molecule has 0 bridgehead atoms. The van der Waals surface area contributed by atoms with Crippen molar-refractivity contribution in [2.75, 3.05) is 0 Å². The lowest BCUT2D eigenvalue weighted by atomic mass is 10.1. The molecule has 7 aromatic rings. The monoisotopic (exact) mass is 464 g/mol. The van der Waals surface area contributed by atoms with Gasteiger partial charge in [-0.15, -0.1) is 0 Å². The Morgan fingerprint density at radius 3 is 1.78 bits per heavy atom. The highest BCUT2D eigenvalue weighted by Gasteiger charge is 2.19. The van der Waals surface area contributed by atoms with E-state index in [1.165, 1.54) is 21.9 Å². The lowest BCUT2D eigenvalue weighted by Crippen LogP contribution is -2.00. The highest BCUT2D eigenvalue weighted by Crippen LogP contribution is 2.35. The summed E-state index contributed by atoms with van der Waals surface area (Å²) in [7, 11) is 0. The number of hydrogen-bond donors (Lipinski definition) is 0. The van der Waals surface area contributed by atoms with Crippen LogP contribution in [-0.4, -0.2) is 18.9 Å². The van der Waals surface area contributed by atoms with E-state index >= 15 is 0 Å². The fourth-order valence-electron chi connectivity index (χ4n) is 5.21. The van der Waals surface area contributed by atoms with Crippen LogP contribution in [-0.2, 0) is 0 Å². The summed E-state index contributed by atoms with van der Waals surface area (Å²) in [4.78, 5) is 10.2. The van der Waals surface area contributed by atoms with E-state index in [9.17, 15) is 0 Å². The molecule has 0 aliphatic heterocycles. The van der Waals surface area contributed by atoms with Crippen molar-refractivity contribution in [2.24, 2.45) is 0 Å². The van der Waals surface area contributed by atoms with Gasteiger partial charge in [-0.1, -0.05) is 83.9 Å². The van der Waals surface area contributed by atoms with Gasteiger partial charge in [0, 0.05) is 28.1 Å². The average Bonchev–Trinajstić information content (AvgIpc) is 3.45. The van der Waals surface area contributed by atoms with Crippen molar-refractivity contribution in [3.63, 3.8) is 0 Å². The standard InChI is InChI=1S/C32H24N4/c1-21-13-15-27-25(19-21)26-20-22(2)14-16-28(26)36(27)29-17-18-35-31(24-11-7-4-8-12-24)30(34-32(35)33-29)23-9-5-3-6-10-23/h3-20H,1-2H3. The Morgan fingerprint density at radius 2 is 1.17 bits per heavy atom. The summed E-state index contributed by atoms with van der Waals surface area (Å²) < 4.78 is 4.35. The largest absolute Gasteiger partial charge is 0.294 e.